The lowest BCUT2D eigenvalue weighted by Gasteiger charge is -2.42. The second-order valence-corrected chi connectivity index (χ2v) is 6.02. The monoisotopic (exact) mass is 274 g/mol. The maximum Gasteiger partial charge on any atom is 0.161 e. The molecule has 0 saturated carbocycles. The highest BCUT2D eigenvalue weighted by Gasteiger charge is 2.31. The van der Waals surface area contributed by atoms with Crippen molar-refractivity contribution in [2.24, 2.45) is 5.41 Å². The van der Waals surface area contributed by atoms with Gasteiger partial charge in [-0.05, 0) is 43.4 Å². The number of carbonyl (C=O) groups excluding carboxylic acids is 1. The Bertz CT molecular complexity index is 482. The molecule has 1 aliphatic heterocycles. The summed E-state index contributed by atoms with van der Waals surface area (Å²) in [4.78, 5) is 14.0. The molecule has 1 fully saturated rings. The first-order valence-electron chi connectivity index (χ1n) is 7.67. The Balaban J connectivity index is 2.15. The number of hydrogen-bond acceptors (Lipinski definition) is 3. The third kappa shape index (κ3) is 2.82. The number of nitrogen functional groups attached to an aromatic ring is 1. The van der Waals surface area contributed by atoms with Crippen molar-refractivity contribution in [1.82, 2.24) is 0 Å². The van der Waals surface area contributed by atoms with Crippen LogP contribution in [0.3, 0.4) is 0 Å². The van der Waals surface area contributed by atoms with Crippen molar-refractivity contribution in [2.75, 3.05) is 23.7 Å². The lowest BCUT2D eigenvalue weighted by atomic mass is 9.74. The zero-order valence-electron chi connectivity index (χ0n) is 12.9. The second-order valence-electron chi connectivity index (χ2n) is 6.02. The molecule has 0 unspecified atom stereocenters. The summed E-state index contributed by atoms with van der Waals surface area (Å²) >= 11 is 0. The van der Waals surface area contributed by atoms with Crippen LogP contribution in [-0.2, 0) is 0 Å². The topological polar surface area (TPSA) is 46.3 Å². The number of hydrogen-bond donors (Lipinski definition) is 1. The zero-order valence-corrected chi connectivity index (χ0v) is 12.9. The Labute approximate surface area is 122 Å². The molecule has 0 atom stereocenters. The van der Waals surface area contributed by atoms with Crippen LogP contribution in [0.5, 0.6) is 0 Å². The largest absolute Gasteiger partial charge is 0.398 e. The van der Waals surface area contributed by atoms with Crippen LogP contribution in [0.4, 0.5) is 11.4 Å². The molecule has 1 heterocycles. The average molecular weight is 274 g/mol. The van der Waals surface area contributed by atoms with E-state index in [1.807, 2.05) is 18.2 Å². The van der Waals surface area contributed by atoms with E-state index in [9.17, 15) is 4.79 Å². The van der Waals surface area contributed by atoms with Crippen molar-refractivity contribution in [2.45, 2.75) is 46.5 Å². The molecule has 2 rings (SSSR count). The number of carbonyl (C=O) groups is 1. The Morgan fingerprint density at radius 2 is 1.85 bits per heavy atom. The molecule has 2 N–H and O–H groups in total. The van der Waals surface area contributed by atoms with Gasteiger partial charge in [-0.1, -0.05) is 26.7 Å². The summed E-state index contributed by atoms with van der Waals surface area (Å²) in [7, 11) is 0. The fourth-order valence-electron chi connectivity index (χ4n) is 3.24. The third-order valence-electron chi connectivity index (χ3n) is 5.11. The highest BCUT2D eigenvalue weighted by Crippen LogP contribution is 2.39. The van der Waals surface area contributed by atoms with E-state index < -0.39 is 0 Å². The van der Waals surface area contributed by atoms with E-state index in [2.05, 4.69) is 18.7 Å². The molecule has 1 aromatic rings. The fraction of sp³-hybridized carbons (Fsp3) is 0.588. The molecule has 3 nitrogen and oxygen atoms in total. The van der Waals surface area contributed by atoms with Gasteiger partial charge in [0.2, 0.25) is 0 Å². The van der Waals surface area contributed by atoms with E-state index >= 15 is 0 Å². The van der Waals surface area contributed by atoms with Gasteiger partial charge in [0.25, 0.3) is 0 Å². The van der Waals surface area contributed by atoms with Crippen LogP contribution in [-0.4, -0.2) is 18.9 Å². The second kappa shape index (κ2) is 5.86. The highest BCUT2D eigenvalue weighted by molar-refractivity contribution is 6.00. The first-order valence-corrected chi connectivity index (χ1v) is 7.67. The van der Waals surface area contributed by atoms with Gasteiger partial charge >= 0.3 is 0 Å². The van der Waals surface area contributed by atoms with Gasteiger partial charge in [0.1, 0.15) is 0 Å². The standard InChI is InChI=1S/C17H26N2O/c1-4-17(5-2)8-10-19(11-9-17)14-6-7-16(18)15(12-14)13(3)20/h6-7,12H,4-5,8-11,18H2,1-3H3. The molecular weight excluding hydrogens is 248 g/mol. The Hall–Kier alpha value is -1.51. The maximum absolute atomic E-state index is 11.6. The van der Waals surface area contributed by atoms with Crippen molar-refractivity contribution in [1.29, 1.82) is 0 Å². The van der Waals surface area contributed by atoms with Crippen LogP contribution in [0, 0.1) is 5.41 Å². The number of rotatable bonds is 4. The third-order valence-corrected chi connectivity index (χ3v) is 5.11. The fourth-order valence-corrected chi connectivity index (χ4v) is 3.24. The molecule has 1 aliphatic rings. The van der Waals surface area contributed by atoms with E-state index in [4.69, 9.17) is 5.73 Å². The van der Waals surface area contributed by atoms with Crippen molar-refractivity contribution in [3.8, 4) is 0 Å². The van der Waals surface area contributed by atoms with Crippen molar-refractivity contribution >= 4 is 17.2 Å². The lowest BCUT2D eigenvalue weighted by Crippen LogP contribution is -2.39. The van der Waals surface area contributed by atoms with Crippen LogP contribution in [0.1, 0.15) is 56.8 Å². The number of nitrogens with zero attached hydrogens (tertiary/aromatic N) is 1. The number of ketones is 1. The highest BCUT2D eigenvalue weighted by atomic mass is 16.1. The van der Waals surface area contributed by atoms with Gasteiger partial charge < -0.3 is 10.6 Å². The predicted molar refractivity (Wildman–Crippen MR) is 85.3 cm³/mol. The van der Waals surface area contributed by atoms with Gasteiger partial charge in [0.15, 0.2) is 5.78 Å². The Morgan fingerprint density at radius 1 is 1.25 bits per heavy atom. The van der Waals surface area contributed by atoms with Crippen molar-refractivity contribution in [3.63, 3.8) is 0 Å². The zero-order chi connectivity index (χ0) is 14.8. The van der Waals surface area contributed by atoms with Gasteiger partial charge in [0.05, 0.1) is 0 Å². The minimum Gasteiger partial charge on any atom is -0.398 e. The Kier molecular flexibility index (Phi) is 4.36. The summed E-state index contributed by atoms with van der Waals surface area (Å²) < 4.78 is 0. The normalized spacial score (nSPS) is 18.1. The van der Waals surface area contributed by atoms with Crippen LogP contribution in [0.15, 0.2) is 18.2 Å². The molecule has 0 spiro atoms. The minimum absolute atomic E-state index is 0.0397. The first kappa shape index (κ1) is 14.9. The Morgan fingerprint density at radius 3 is 2.35 bits per heavy atom. The molecule has 0 radical (unpaired) electrons. The van der Waals surface area contributed by atoms with Crippen LogP contribution >= 0.6 is 0 Å². The number of benzene rings is 1. The molecular formula is C17H26N2O. The van der Waals surface area contributed by atoms with Gasteiger partial charge in [-0.25, -0.2) is 0 Å². The summed E-state index contributed by atoms with van der Waals surface area (Å²) in [6, 6.07) is 5.84. The minimum atomic E-state index is 0.0397. The summed E-state index contributed by atoms with van der Waals surface area (Å²) in [6.45, 7) is 8.32. The van der Waals surface area contributed by atoms with Crippen molar-refractivity contribution < 1.29 is 4.79 Å². The molecule has 0 amide bonds. The summed E-state index contributed by atoms with van der Waals surface area (Å²) in [6.07, 6.45) is 5.00. The lowest BCUT2D eigenvalue weighted by molar-refractivity contribution is 0.101. The van der Waals surface area contributed by atoms with E-state index in [0.717, 1.165) is 18.8 Å². The number of nitrogens with two attached hydrogens (primary N) is 1. The summed E-state index contributed by atoms with van der Waals surface area (Å²) in [5.74, 6) is 0.0397. The molecule has 20 heavy (non-hydrogen) atoms. The van der Waals surface area contributed by atoms with Gasteiger partial charge in [-0.2, -0.15) is 0 Å². The van der Waals surface area contributed by atoms with Gasteiger partial charge in [-0.3, -0.25) is 4.79 Å². The molecule has 0 bridgehead atoms. The predicted octanol–water partition coefficient (Wildman–Crippen LogP) is 3.88. The molecule has 1 aromatic carbocycles. The summed E-state index contributed by atoms with van der Waals surface area (Å²) in [5, 5.41) is 0. The molecule has 110 valence electrons. The first-order chi connectivity index (χ1) is 9.51. The van der Waals surface area contributed by atoms with E-state index in [1.54, 1.807) is 6.92 Å². The van der Waals surface area contributed by atoms with E-state index in [-0.39, 0.29) is 5.78 Å². The number of Topliss-reactive ketones (excluding diaryl/α,β-unsaturated/α-hetero) is 1. The quantitative estimate of drug-likeness (QED) is 0.669. The smallest absolute Gasteiger partial charge is 0.161 e. The van der Waals surface area contributed by atoms with Crippen LogP contribution in [0.2, 0.25) is 0 Å². The van der Waals surface area contributed by atoms with Crippen LogP contribution in [0.25, 0.3) is 0 Å². The SMILES string of the molecule is CCC1(CC)CCN(c2ccc(N)c(C(C)=O)c2)CC1. The van der Waals surface area contributed by atoms with Gasteiger partial charge in [0, 0.05) is 30.0 Å². The van der Waals surface area contributed by atoms with Gasteiger partial charge in [-0.15, -0.1) is 0 Å². The molecule has 0 aromatic heterocycles. The van der Waals surface area contributed by atoms with Crippen LogP contribution < -0.4 is 10.6 Å². The number of piperidine rings is 1. The maximum atomic E-state index is 11.6. The molecule has 0 aliphatic carbocycles. The van der Waals surface area contributed by atoms with E-state index in [0.29, 0.717) is 16.7 Å². The molecule has 1 saturated heterocycles. The summed E-state index contributed by atoms with van der Waals surface area (Å²) in [5.41, 5.74) is 8.74. The molecule has 3 heteroatoms. The average Bonchev–Trinajstić information content (AvgIpc) is 2.47. The van der Waals surface area contributed by atoms with E-state index in [1.165, 1.54) is 25.7 Å². The van der Waals surface area contributed by atoms with Crippen molar-refractivity contribution in [3.05, 3.63) is 23.8 Å². The number of anilines is 2.